The zero-order valence-electron chi connectivity index (χ0n) is 11.2. The Bertz CT molecular complexity index is 437. The van der Waals surface area contributed by atoms with Crippen LogP contribution < -0.4 is 16.6 Å². The average Bonchev–Trinajstić information content (AvgIpc) is 2.47. The maximum atomic E-state index is 12.2. The van der Waals surface area contributed by atoms with E-state index >= 15 is 0 Å². The molecule has 1 atom stereocenters. The topological polar surface area (TPSA) is 83.3 Å². The second-order valence-corrected chi connectivity index (χ2v) is 4.75. The number of likely N-dealkylation sites (tertiary alicyclic amines) is 1. The van der Waals surface area contributed by atoms with Crippen LogP contribution in [0.2, 0.25) is 0 Å². The monoisotopic (exact) mass is 263 g/mol. The van der Waals surface area contributed by atoms with E-state index in [1.165, 1.54) is 0 Å². The van der Waals surface area contributed by atoms with Crippen LogP contribution in [0.25, 0.3) is 0 Å². The maximum Gasteiger partial charge on any atom is 0.255 e. The van der Waals surface area contributed by atoms with Crippen LogP contribution >= 0.6 is 0 Å². The lowest BCUT2D eigenvalue weighted by Gasteiger charge is -2.32. The van der Waals surface area contributed by atoms with Crippen LogP contribution in [0.4, 0.5) is 5.82 Å². The molecule has 19 heavy (non-hydrogen) atoms. The third-order valence-corrected chi connectivity index (χ3v) is 3.48. The Morgan fingerprint density at radius 2 is 2.47 bits per heavy atom. The lowest BCUT2D eigenvalue weighted by atomic mass is 10.1. The van der Waals surface area contributed by atoms with Crippen molar-refractivity contribution in [1.29, 1.82) is 0 Å². The number of hydrogen-bond donors (Lipinski definition) is 3. The third-order valence-electron chi connectivity index (χ3n) is 3.48. The van der Waals surface area contributed by atoms with E-state index in [2.05, 4.69) is 27.6 Å². The second-order valence-electron chi connectivity index (χ2n) is 4.75. The fraction of sp³-hybridized carbons (Fsp3) is 0.538. The number of anilines is 1. The van der Waals surface area contributed by atoms with Gasteiger partial charge in [0.25, 0.3) is 5.91 Å². The van der Waals surface area contributed by atoms with Crippen molar-refractivity contribution in [3.8, 4) is 0 Å². The first kappa shape index (κ1) is 13.8. The Labute approximate surface area is 113 Å². The molecule has 1 saturated heterocycles. The summed E-state index contributed by atoms with van der Waals surface area (Å²) in [5.74, 6) is 5.65. The van der Waals surface area contributed by atoms with Crippen molar-refractivity contribution in [2.45, 2.75) is 25.8 Å². The first-order chi connectivity index (χ1) is 9.24. The summed E-state index contributed by atoms with van der Waals surface area (Å²) in [6, 6.07) is 3.65. The van der Waals surface area contributed by atoms with Crippen molar-refractivity contribution in [3.63, 3.8) is 0 Å². The number of aromatic nitrogens is 1. The third kappa shape index (κ3) is 3.42. The molecular weight excluding hydrogens is 242 g/mol. The number of hydrazine groups is 1. The van der Waals surface area contributed by atoms with Crippen molar-refractivity contribution in [2.75, 3.05) is 25.1 Å². The van der Waals surface area contributed by atoms with Crippen molar-refractivity contribution in [3.05, 3.63) is 23.9 Å². The van der Waals surface area contributed by atoms with Crippen LogP contribution in [0.1, 0.15) is 30.1 Å². The fourth-order valence-corrected chi connectivity index (χ4v) is 2.43. The zero-order chi connectivity index (χ0) is 13.7. The van der Waals surface area contributed by atoms with Gasteiger partial charge in [-0.15, -0.1) is 0 Å². The predicted molar refractivity (Wildman–Crippen MR) is 74.6 cm³/mol. The van der Waals surface area contributed by atoms with Gasteiger partial charge in [-0.1, -0.05) is 6.92 Å². The first-order valence-electron chi connectivity index (χ1n) is 6.69. The van der Waals surface area contributed by atoms with Gasteiger partial charge in [0.1, 0.15) is 0 Å². The minimum absolute atomic E-state index is 0.121. The van der Waals surface area contributed by atoms with Crippen LogP contribution in [-0.2, 0) is 0 Å². The van der Waals surface area contributed by atoms with Gasteiger partial charge in [0.2, 0.25) is 0 Å². The predicted octanol–water partition coefficient (Wildman–Crippen LogP) is 0.581. The molecule has 0 saturated carbocycles. The highest BCUT2D eigenvalue weighted by atomic mass is 16.1. The smallest absolute Gasteiger partial charge is 0.255 e. The molecule has 104 valence electrons. The summed E-state index contributed by atoms with van der Waals surface area (Å²) < 4.78 is 0. The van der Waals surface area contributed by atoms with E-state index in [-0.39, 0.29) is 11.9 Å². The number of hydrogen-bond acceptors (Lipinski definition) is 5. The molecule has 1 aromatic rings. The van der Waals surface area contributed by atoms with Gasteiger partial charge in [0, 0.05) is 18.8 Å². The number of carbonyl (C=O) groups is 1. The highest BCUT2D eigenvalue weighted by Crippen LogP contribution is 2.13. The lowest BCUT2D eigenvalue weighted by molar-refractivity contribution is 0.0906. The molecule has 1 aromatic heterocycles. The molecule has 1 aliphatic rings. The lowest BCUT2D eigenvalue weighted by Crippen LogP contribution is -2.47. The molecule has 1 fully saturated rings. The van der Waals surface area contributed by atoms with Crippen molar-refractivity contribution >= 4 is 11.7 Å². The van der Waals surface area contributed by atoms with Crippen LogP contribution in [0, 0.1) is 0 Å². The Hall–Kier alpha value is -1.66. The van der Waals surface area contributed by atoms with E-state index < -0.39 is 0 Å². The summed E-state index contributed by atoms with van der Waals surface area (Å²) in [5, 5.41) is 3.06. The van der Waals surface area contributed by atoms with E-state index in [1.54, 1.807) is 18.3 Å². The van der Waals surface area contributed by atoms with E-state index in [0.717, 1.165) is 32.5 Å². The summed E-state index contributed by atoms with van der Waals surface area (Å²) >= 11 is 0. The van der Waals surface area contributed by atoms with Crippen molar-refractivity contribution in [1.82, 2.24) is 15.2 Å². The SMILES string of the molecule is CCN1CCCC(NC(=O)c2cccnc2NN)C1. The summed E-state index contributed by atoms with van der Waals surface area (Å²) in [7, 11) is 0. The molecule has 2 heterocycles. The number of pyridine rings is 1. The number of nitrogens with one attached hydrogen (secondary N) is 2. The molecule has 4 N–H and O–H groups in total. The first-order valence-corrected chi connectivity index (χ1v) is 6.69. The number of amides is 1. The maximum absolute atomic E-state index is 12.2. The van der Waals surface area contributed by atoms with Crippen LogP contribution in [0.5, 0.6) is 0 Å². The van der Waals surface area contributed by atoms with E-state index in [1.807, 2.05) is 0 Å². The fourth-order valence-electron chi connectivity index (χ4n) is 2.43. The molecule has 0 aromatic carbocycles. The Kier molecular flexibility index (Phi) is 4.70. The number of nitrogen functional groups attached to an aromatic ring is 1. The summed E-state index contributed by atoms with van der Waals surface area (Å²) in [6.45, 7) is 5.19. The Morgan fingerprint density at radius 1 is 1.63 bits per heavy atom. The van der Waals surface area contributed by atoms with Gasteiger partial charge in [0.15, 0.2) is 5.82 Å². The Morgan fingerprint density at radius 3 is 3.21 bits per heavy atom. The largest absolute Gasteiger partial charge is 0.348 e. The summed E-state index contributed by atoms with van der Waals surface area (Å²) in [4.78, 5) is 18.6. The molecule has 0 bridgehead atoms. The van der Waals surface area contributed by atoms with E-state index in [9.17, 15) is 4.79 Å². The molecule has 0 aliphatic carbocycles. The zero-order valence-corrected chi connectivity index (χ0v) is 11.2. The molecule has 0 spiro atoms. The van der Waals surface area contributed by atoms with Gasteiger partial charge in [-0.25, -0.2) is 10.8 Å². The minimum atomic E-state index is -0.121. The van der Waals surface area contributed by atoms with Gasteiger partial charge < -0.3 is 15.6 Å². The van der Waals surface area contributed by atoms with Gasteiger partial charge in [-0.05, 0) is 38.1 Å². The van der Waals surface area contributed by atoms with Gasteiger partial charge in [0.05, 0.1) is 5.56 Å². The van der Waals surface area contributed by atoms with Crippen LogP contribution in [-0.4, -0.2) is 41.5 Å². The number of piperidine rings is 1. The molecule has 6 nitrogen and oxygen atoms in total. The summed E-state index contributed by atoms with van der Waals surface area (Å²) in [5.41, 5.74) is 2.94. The van der Waals surface area contributed by atoms with Gasteiger partial charge >= 0.3 is 0 Å². The van der Waals surface area contributed by atoms with E-state index in [4.69, 9.17) is 5.84 Å². The molecule has 2 rings (SSSR count). The second kappa shape index (κ2) is 6.49. The van der Waals surface area contributed by atoms with Crippen molar-refractivity contribution < 1.29 is 4.79 Å². The molecule has 1 aliphatic heterocycles. The van der Waals surface area contributed by atoms with Crippen molar-refractivity contribution in [2.24, 2.45) is 5.84 Å². The highest BCUT2D eigenvalue weighted by molar-refractivity contribution is 5.98. The minimum Gasteiger partial charge on any atom is -0.348 e. The quantitative estimate of drug-likeness (QED) is 0.547. The number of nitrogens with zero attached hydrogens (tertiary/aromatic N) is 2. The molecule has 1 amide bonds. The van der Waals surface area contributed by atoms with Crippen LogP contribution in [0.3, 0.4) is 0 Å². The normalized spacial score (nSPS) is 20.0. The van der Waals surface area contributed by atoms with E-state index in [0.29, 0.717) is 11.4 Å². The number of nitrogens with two attached hydrogens (primary N) is 1. The van der Waals surface area contributed by atoms with Gasteiger partial charge in [-0.3, -0.25) is 4.79 Å². The van der Waals surface area contributed by atoms with Gasteiger partial charge in [-0.2, -0.15) is 0 Å². The Balaban J connectivity index is 2.00. The highest BCUT2D eigenvalue weighted by Gasteiger charge is 2.21. The molecule has 0 radical (unpaired) electrons. The molecule has 1 unspecified atom stereocenters. The number of rotatable bonds is 4. The average molecular weight is 263 g/mol. The standard InChI is InChI=1S/C13H21N5O/c1-2-18-8-4-5-10(9-18)16-13(19)11-6-3-7-15-12(11)17-14/h3,6-7,10H,2,4-5,8-9,14H2,1H3,(H,15,17)(H,16,19). The van der Waals surface area contributed by atoms with Crippen LogP contribution in [0.15, 0.2) is 18.3 Å². The molecule has 6 heteroatoms. The molecular formula is C13H21N5O. The number of likely N-dealkylation sites (N-methyl/N-ethyl adjacent to an activating group) is 1. The number of carbonyl (C=O) groups excluding carboxylic acids is 1. The summed E-state index contributed by atoms with van der Waals surface area (Å²) in [6.07, 6.45) is 3.74.